The summed E-state index contributed by atoms with van der Waals surface area (Å²) in [6, 6.07) is 10.1. The van der Waals surface area contributed by atoms with Gasteiger partial charge in [-0.1, -0.05) is 35.8 Å². The summed E-state index contributed by atoms with van der Waals surface area (Å²) < 4.78 is 4.89. The molecule has 0 amide bonds. The van der Waals surface area contributed by atoms with Gasteiger partial charge in [0, 0.05) is 13.6 Å². The molecule has 0 spiro atoms. The highest BCUT2D eigenvalue weighted by molar-refractivity contribution is 6.53. The molecule has 0 aliphatic rings. The van der Waals surface area contributed by atoms with Gasteiger partial charge in [-0.25, -0.2) is 0 Å². The summed E-state index contributed by atoms with van der Waals surface area (Å²) in [5.41, 5.74) is 1.21. The van der Waals surface area contributed by atoms with E-state index in [1.165, 1.54) is 5.46 Å². The maximum Gasteiger partial charge on any atom is 0.185 e. The van der Waals surface area contributed by atoms with E-state index in [9.17, 15) is 0 Å². The van der Waals surface area contributed by atoms with Gasteiger partial charge in [-0.15, -0.1) is 0 Å². The number of benzene rings is 1. The second kappa shape index (κ2) is 8.26. The van der Waals surface area contributed by atoms with E-state index in [2.05, 4.69) is 12.1 Å². The van der Waals surface area contributed by atoms with Crippen LogP contribution in [0.3, 0.4) is 0 Å². The minimum atomic E-state index is 0. The molecule has 1 aromatic carbocycles. The second-order valence-corrected chi connectivity index (χ2v) is 2.07. The van der Waals surface area contributed by atoms with Gasteiger partial charge >= 0.3 is 0 Å². The number of methoxy groups -OCH3 is 1. The second-order valence-electron chi connectivity index (χ2n) is 2.07. The van der Waals surface area contributed by atoms with E-state index >= 15 is 0 Å². The van der Waals surface area contributed by atoms with Crippen molar-refractivity contribution < 1.29 is 15.7 Å². The Bertz CT molecular complexity index is 179. The Hall–Kier alpha value is -0.835. The van der Waals surface area contributed by atoms with Crippen LogP contribution in [0.5, 0.6) is 0 Å². The molecule has 0 fully saturated rings. The van der Waals surface area contributed by atoms with Crippen LogP contribution in [0.25, 0.3) is 0 Å². The highest BCUT2D eigenvalue weighted by Crippen LogP contribution is 1.80. The standard InChI is InChI=1S/C8H10BO.2H2O/c1-10-7-9-8-5-3-2-4-6-8;;/h2-6H,7H2,1H3;2*1H2. The molecule has 0 unspecified atom stereocenters. The van der Waals surface area contributed by atoms with Gasteiger partial charge in [0.15, 0.2) is 7.28 Å². The highest BCUT2D eigenvalue weighted by atomic mass is 16.5. The van der Waals surface area contributed by atoms with Crippen molar-refractivity contribution in [2.45, 2.75) is 0 Å². The van der Waals surface area contributed by atoms with Crippen LogP contribution in [0.2, 0.25) is 0 Å². The van der Waals surface area contributed by atoms with Crippen LogP contribution in [0.4, 0.5) is 0 Å². The smallest absolute Gasteiger partial charge is 0.185 e. The highest BCUT2D eigenvalue weighted by Gasteiger charge is 1.90. The molecule has 1 rings (SSSR count). The summed E-state index contributed by atoms with van der Waals surface area (Å²) in [5, 5.41) is 0. The van der Waals surface area contributed by atoms with E-state index in [0.29, 0.717) is 6.51 Å². The molecular weight excluding hydrogens is 155 g/mol. The minimum Gasteiger partial charge on any atom is -0.412 e. The SMILES string of the molecule is COC[B]c1ccccc1.O.O. The molecule has 67 valence electrons. The fourth-order valence-corrected chi connectivity index (χ4v) is 0.769. The van der Waals surface area contributed by atoms with Crippen LogP contribution in [-0.4, -0.2) is 31.8 Å². The van der Waals surface area contributed by atoms with E-state index in [0.717, 1.165) is 0 Å². The van der Waals surface area contributed by atoms with Crippen LogP contribution in [0.15, 0.2) is 30.3 Å². The lowest BCUT2D eigenvalue weighted by molar-refractivity contribution is 0.252. The zero-order chi connectivity index (χ0) is 7.23. The first-order valence-corrected chi connectivity index (χ1v) is 3.30. The Morgan fingerprint density at radius 3 is 2.25 bits per heavy atom. The van der Waals surface area contributed by atoms with Gasteiger partial charge < -0.3 is 15.7 Å². The van der Waals surface area contributed by atoms with E-state index in [1.807, 2.05) is 25.5 Å². The average molecular weight is 169 g/mol. The Kier molecular flexibility index (Phi) is 9.46. The van der Waals surface area contributed by atoms with Gasteiger partial charge in [-0.3, -0.25) is 0 Å². The first-order chi connectivity index (χ1) is 4.93. The van der Waals surface area contributed by atoms with Gasteiger partial charge in [0.1, 0.15) is 0 Å². The number of hydrogen-bond acceptors (Lipinski definition) is 1. The quantitative estimate of drug-likeness (QED) is 0.533. The average Bonchev–Trinajstić information content (AvgIpc) is 2.03. The third kappa shape index (κ3) is 4.90. The molecule has 0 saturated carbocycles. The summed E-state index contributed by atoms with van der Waals surface area (Å²) in [6.07, 6.45) is 0. The molecule has 3 nitrogen and oxygen atoms in total. The first-order valence-electron chi connectivity index (χ1n) is 3.30. The largest absolute Gasteiger partial charge is 0.412 e. The van der Waals surface area contributed by atoms with E-state index in [-0.39, 0.29) is 11.0 Å². The number of rotatable bonds is 3. The van der Waals surface area contributed by atoms with Gasteiger partial charge in [0.25, 0.3) is 0 Å². The Morgan fingerprint density at radius 1 is 1.17 bits per heavy atom. The van der Waals surface area contributed by atoms with E-state index in [4.69, 9.17) is 4.74 Å². The lowest BCUT2D eigenvalue weighted by Crippen LogP contribution is -2.17. The van der Waals surface area contributed by atoms with Gasteiger partial charge in [-0.05, 0) is 0 Å². The Balaban J connectivity index is 0. The van der Waals surface area contributed by atoms with Crippen molar-refractivity contribution >= 4 is 12.7 Å². The summed E-state index contributed by atoms with van der Waals surface area (Å²) in [4.78, 5) is 0. The van der Waals surface area contributed by atoms with Gasteiger partial charge in [0.2, 0.25) is 0 Å². The first kappa shape index (κ1) is 13.7. The molecule has 0 atom stereocenters. The maximum atomic E-state index is 4.89. The van der Waals surface area contributed by atoms with Crippen molar-refractivity contribution in [3.05, 3.63) is 30.3 Å². The lowest BCUT2D eigenvalue weighted by Gasteiger charge is -1.95. The molecule has 0 saturated heterocycles. The summed E-state index contributed by atoms with van der Waals surface area (Å²) >= 11 is 0. The summed E-state index contributed by atoms with van der Waals surface area (Å²) in [6.45, 7) is 0.685. The van der Waals surface area contributed by atoms with Crippen molar-refractivity contribution in [1.82, 2.24) is 0 Å². The van der Waals surface area contributed by atoms with Crippen LogP contribution >= 0.6 is 0 Å². The monoisotopic (exact) mass is 169 g/mol. The van der Waals surface area contributed by atoms with Crippen molar-refractivity contribution in [1.29, 1.82) is 0 Å². The molecule has 1 radical (unpaired) electrons. The molecule has 0 heterocycles. The number of hydrogen-bond donors (Lipinski definition) is 0. The lowest BCUT2D eigenvalue weighted by atomic mass is 9.72. The predicted octanol–water partition coefficient (Wildman–Crippen LogP) is -1.03. The molecule has 12 heavy (non-hydrogen) atoms. The fraction of sp³-hybridized carbons (Fsp3) is 0.250. The molecule has 4 heteroatoms. The molecule has 1 aromatic rings. The molecule has 0 aliphatic heterocycles. The summed E-state index contributed by atoms with van der Waals surface area (Å²) in [5.74, 6) is 0. The van der Waals surface area contributed by atoms with E-state index in [1.54, 1.807) is 7.11 Å². The topological polar surface area (TPSA) is 72.2 Å². The number of ether oxygens (including phenoxy) is 1. The van der Waals surface area contributed by atoms with Crippen LogP contribution in [0, 0.1) is 0 Å². The van der Waals surface area contributed by atoms with Crippen molar-refractivity contribution in [3.8, 4) is 0 Å². The van der Waals surface area contributed by atoms with Crippen molar-refractivity contribution in [3.63, 3.8) is 0 Å². The minimum absolute atomic E-state index is 0. The zero-order valence-electron chi connectivity index (χ0n) is 7.08. The predicted molar refractivity (Wildman–Crippen MR) is 50.9 cm³/mol. The van der Waals surface area contributed by atoms with Crippen LogP contribution < -0.4 is 5.46 Å². The Morgan fingerprint density at radius 2 is 1.75 bits per heavy atom. The molecule has 4 N–H and O–H groups in total. The zero-order valence-corrected chi connectivity index (χ0v) is 7.08. The third-order valence-corrected chi connectivity index (χ3v) is 1.29. The van der Waals surface area contributed by atoms with Crippen LogP contribution in [-0.2, 0) is 4.74 Å². The third-order valence-electron chi connectivity index (χ3n) is 1.29. The van der Waals surface area contributed by atoms with E-state index < -0.39 is 0 Å². The molecule has 0 aromatic heterocycles. The summed E-state index contributed by atoms with van der Waals surface area (Å²) in [7, 11) is 3.74. The van der Waals surface area contributed by atoms with Crippen LogP contribution in [0.1, 0.15) is 0 Å². The fourth-order valence-electron chi connectivity index (χ4n) is 0.769. The molecular formula is C8H14BO3. The van der Waals surface area contributed by atoms with Gasteiger partial charge in [0.05, 0.1) is 0 Å². The maximum absolute atomic E-state index is 4.89. The van der Waals surface area contributed by atoms with Crippen molar-refractivity contribution in [2.24, 2.45) is 0 Å². The normalized spacial score (nSPS) is 7.75. The molecule has 0 bridgehead atoms. The Labute approximate surface area is 73.2 Å². The van der Waals surface area contributed by atoms with Crippen molar-refractivity contribution in [2.75, 3.05) is 13.6 Å². The van der Waals surface area contributed by atoms with Gasteiger partial charge in [-0.2, -0.15) is 0 Å². The molecule has 0 aliphatic carbocycles.